The summed E-state index contributed by atoms with van der Waals surface area (Å²) >= 11 is 0. The number of benzene rings is 1. The summed E-state index contributed by atoms with van der Waals surface area (Å²) in [6, 6.07) is 7.40. The Bertz CT molecular complexity index is 499. The van der Waals surface area contributed by atoms with Gasteiger partial charge in [-0.25, -0.2) is 4.39 Å². The van der Waals surface area contributed by atoms with E-state index in [2.05, 4.69) is 17.1 Å². The lowest BCUT2D eigenvalue weighted by atomic mass is 9.84. The van der Waals surface area contributed by atoms with E-state index in [1.807, 2.05) is 0 Å². The minimum Gasteiger partial charge on any atom is -0.387 e. The van der Waals surface area contributed by atoms with Crippen LogP contribution in [-0.2, 0) is 0 Å². The fourth-order valence-corrected chi connectivity index (χ4v) is 4.36. The maximum atomic E-state index is 12.9. The van der Waals surface area contributed by atoms with Crippen molar-refractivity contribution in [1.29, 1.82) is 0 Å². The molecule has 1 aromatic rings. The average Bonchev–Trinajstić information content (AvgIpc) is 2.61. The van der Waals surface area contributed by atoms with Gasteiger partial charge in [0.2, 0.25) is 0 Å². The summed E-state index contributed by atoms with van der Waals surface area (Å²) in [6.07, 6.45) is 7.27. The van der Waals surface area contributed by atoms with Gasteiger partial charge in [-0.1, -0.05) is 31.9 Å². The van der Waals surface area contributed by atoms with Crippen molar-refractivity contribution < 1.29 is 9.50 Å². The highest BCUT2D eigenvalue weighted by molar-refractivity contribution is 5.18. The Morgan fingerprint density at radius 1 is 1.12 bits per heavy atom. The van der Waals surface area contributed by atoms with Crippen LogP contribution in [-0.4, -0.2) is 41.7 Å². The molecule has 24 heavy (non-hydrogen) atoms. The summed E-state index contributed by atoms with van der Waals surface area (Å²) in [7, 11) is 0. The monoisotopic (exact) mass is 334 g/mol. The van der Waals surface area contributed by atoms with Gasteiger partial charge in [0.05, 0.1) is 6.10 Å². The zero-order valence-corrected chi connectivity index (χ0v) is 14.8. The molecule has 134 valence electrons. The van der Waals surface area contributed by atoms with E-state index in [0.717, 1.165) is 30.4 Å². The van der Waals surface area contributed by atoms with Gasteiger partial charge in [-0.3, -0.25) is 0 Å². The van der Waals surface area contributed by atoms with Crippen LogP contribution in [0.25, 0.3) is 0 Å². The summed E-state index contributed by atoms with van der Waals surface area (Å²) < 4.78 is 12.9. The first-order valence-corrected chi connectivity index (χ1v) is 9.54. The summed E-state index contributed by atoms with van der Waals surface area (Å²) in [4.78, 5) is 2.69. The van der Waals surface area contributed by atoms with E-state index < -0.39 is 6.10 Å². The van der Waals surface area contributed by atoms with Crippen LogP contribution >= 0.6 is 0 Å². The highest BCUT2D eigenvalue weighted by atomic mass is 19.1. The van der Waals surface area contributed by atoms with Gasteiger partial charge in [-0.05, 0) is 62.4 Å². The summed E-state index contributed by atoms with van der Waals surface area (Å²) in [5.41, 5.74) is 0.775. The molecular weight excluding hydrogens is 303 g/mol. The molecule has 1 saturated heterocycles. The van der Waals surface area contributed by atoms with E-state index in [1.54, 1.807) is 12.1 Å². The quantitative estimate of drug-likeness (QED) is 0.865. The molecule has 1 aromatic carbocycles. The number of hydrogen-bond acceptors (Lipinski definition) is 3. The van der Waals surface area contributed by atoms with Gasteiger partial charge >= 0.3 is 0 Å². The lowest BCUT2D eigenvalue weighted by molar-refractivity contribution is 0.0779. The van der Waals surface area contributed by atoms with Crippen LogP contribution < -0.4 is 5.32 Å². The summed E-state index contributed by atoms with van der Waals surface area (Å²) in [5.74, 6) is 0.576. The number of aliphatic hydroxyl groups is 1. The molecule has 2 N–H and O–H groups in total. The number of aliphatic hydroxyl groups excluding tert-OH is 1. The van der Waals surface area contributed by atoms with Crippen LogP contribution in [0, 0.1) is 11.7 Å². The Labute approximate surface area is 145 Å². The first-order valence-electron chi connectivity index (χ1n) is 9.54. The van der Waals surface area contributed by atoms with E-state index in [1.165, 1.54) is 50.9 Å². The van der Waals surface area contributed by atoms with Crippen LogP contribution in [0.5, 0.6) is 0 Å². The Hall–Kier alpha value is -0.970. The van der Waals surface area contributed by atoms with E-state index >= 15 is 0 Å². The first kappa shape index (κ1) is 17.8. The van der Waals surface area contributed by atoms with Gasteiger partial charge < -0.3 is 15.3 Å². The molecular formula is C20H31FN2O. The Morgan fingerprint density at radius 3 is 2.46 bits per heavy atom. The topological polar surface area (TPSA) is 35.5 Å². The van der Waals surface area contributed by atoms with Crippen molar-refractivity contribution in [2.45, 2.75) is 63.6 Å². The van der Waals surface area contributed by atoms with E-state index in [9.17, 15) is 9.50 Å². The molecule has 1 aliphatic carbocycles. The number of hydrogen-bond donors (Lipinski definition) is 2. The van der Waals surface area contributed by atoms with Crippen molar-refractivity contribution in [2.24, 2.45) is 5.92 Å². The molecule has 0 bridgehead atoms. The average molecular weight is 334 g/mol. The van der Waals surface area contributed by atoms with Gasteiger partial charge in [0.1, 0.15) is 5.82 Å². The summed E-state index contributed by atoms with van der Waals surface area (Å²) in [5, 5.41) is 13.7. The Balaban J connectivity index is 1.41. The molecule has 3 atom stereocenters. The molecule has 1 heterocycles. The van der Waals surface area contributed by atoms with Crippen molar-refractivity contribution in [1.82, 2.24) is 10.2 Å². The van der Waals surface area contributed by atoms with Crippen molar-refractivity contribution in [3.05, 3.63) is 35.6 Å². The van der Waals surface area contributed by atoms with Crippen LogP contribution in [0.4, 0.5) is 4.39 Å². The SMILES string of the molecule is CC1CCCCC1N1CCC(NCC(O)c2ccc(F)cc2)CC1. The fraction of sp³-hybridized carbons (Fsp3) is 0.700. The van der Waals surface area contributed by atoms with Crippen LogP contribution in [0.3, 0.4) is 0 Å². The largest absolute Gasteiger partial charge is 0.387 e. The summed E-state index contributed by atoms with van der Waals surface area (Å²) in [6.45, 7) is 5.28. The van der Waals surface area contributed by atoms with Gasteiger partial charge in [0.15, 0.2) is 0 Å². The number of rotatable bonds is 5. The van der Waals surface area contributed by atoms with Crippen LogP contribution in [0.1, 0.15) is 57.1 Å². The molecule has 0 radical (unpaired) electrons. The van der Waals surface area contributed by atoms with Gasteiger partial charge in [0.25, 0.3) is 0 Å². The zero-order valence-electron chi connectivity index (χ0n) is 14.8. The number of halogens is 1. The highest BCUT2D eigenvalue weighted by Crippen LogP contribution is 2.30. The van der Waals surface area contributed by atoms with E-state index in [0.29, 0.717) is 12.6 Å². The Morgan fingerprint density at radius 2 is 1.79 bits per heavy atom. The molecule has 1 aliphatic heterocycles. The first-order chi connectivity index (χ1) is 11.6. The van der Waals surface area contributed by atoms with Crippen molar-refractivity contribution in [3.8, 4) is 0 Å². The molecule has 3 nitrogen and oxygen atoms in total. The minimum absolute atomic E-state index is 0.261. The third kappa shape index (κ3) is 4.56. The highest BCUT2D eigenvalue weighted by Gasteiger charge is 2.30. The molecule has 0 amide bonds. The second kappa shape index (κ2) is 8.41. The van der Waals surface area contributed by atoms with Crippen molar-refractivity contribution in [3.63, 3.8) is 0 Å². The number of nitrogens with zero attached hydrogens (tertiary/aromatic N) is 1. The number of nitrogens with one attached hydrogen (secondary N) is 1. The predicted octanol–water partition coefficient (Wildman–Crippen LogP) is 3.49. The number of likely N-dealkylation sites (tertiary alicyclic amines) is 1. The van der Waals surface area contributed by atoms with Gasteiger partial charge in [0, 0.05) is 18.6 Å². The van der Waals surface area contributed by atoms with E-state index in [4.69, 9.17) is 0 Å². The van der Waals surface area contributed by atoms with Crippen LogP contribution in [0.15, 0.2) is 24.3 Å². The molecule has 2 fully saturated rings. The minimum atomic E-state index is -0.568. The molecule has 3 rings (SSSR count). The molecule has 3 unspecified atom stereocenters. The normalized spacial score (nSPS) is 28.0. The van der Waals surface area contributed by atoms with Crippen molar-refractivity contribution >= 4 is 0 Å². The molecule has 0 spiro atoms. The Kier molecular flexibility index (Phi) is 6.25. The number of piperidine rings is 1. The maximum absolute atomic E-state index is 12.9. The zero-order chi connectivity index (χ0) is 16.9. The third-order valence-corrected chi connectivity index (χ3v) is 5.92. The van der Waals surface area contributed by atoms with Gasteiger partial charge in [-0.2, -0.15) is 0 Å². The van der Waals surface area contributed by atoms with Crippen molar-refractivity contribution in [2.75, 3.05) is 19.6 Å². The molecule has 4 heteroatoms. The van der Waals surface area contributed by atoms with Crippen LogP contribution in [0.2, 0.25) is 0 Å². The molecule has 2 aliphatic rings. The molecule has 0 aromatic heterocycles. The third-order valence-electron chi connectivity index (χ3n) is 5.92. The van der Waals surface area contributed by atoms with Gasteiger partial charge in [-0.15, -0.1) is 0 Å². The van der Waals surface area contributed by atoms with E-state index in [-0.39, 0.29) is 5.82 Å². The standard InChI is InChI=1S/C20H31FN2O/c1-15-4-2-3-5-19(15)23-12-10-18(11-13-23)22-14-20(24)16-6-8-17(21)9-7-16/h6-9,15,18-20,22,24H,2-5,10-14H2,1H3. The predicted molar refractivity (Wildman–Crippen MR) is 95.4 cm³/mol. The lowest BCUT2D eigenvalue weighted by Gasteiger charge is -2.42. The fourth-order valence-electron chi connectivity index (χ4n) is 4.36. The second-order valence-electron chi connectivity index (χ2n) is 7.61. The second-order valence-corrected chi connectivity index (χ2v) is 7.61. The lowest BCUT2D eigenvalue weighted by Crippen LogP contribution is -2.49. The smallest absolute Gasteiger partial charge is 0.123 e. The molecule has 1 saturated carbocycles. The maximum Gasteiger partial charge on any atom is 0.123 e.